The van der Waals surface area contributed by atoms with Crippen LogP contribution in [0.2, 0.25) is 0 Å². The van der Waals surface area contributed by atoms with Crippen molar-refractivity contribution in [3.8, 4) is 22.8 Å². The van der Waals surface area contributed by atoms with Crippen molar-refractivity contribution in [1.29, 1.82) is 0 Å². The number of hydrogen-bond donors (Lipinski definition) is 2. The van der Waals surface area contributed by atoms with Crippen LogP contribution < -0.4 is 15.2 Å². The van der Waals surface area contributed by atoms with Gasteiger partial charge >= 0.3 is 0 Å². The standard InChI is InChI=1S/C15H19N3O2/c1-3-9(2)14(16)15-17-7-11(18-15)10-4-5-12-13(6-10)20-8-19-12/h4-7,9,14H,3,8,16H2,1-2H3,(H,17,18). The van der Waals surface area contributed by atoms with Crippen molar-refractivity contribution in [2.45, 2.75) is 26.3 Å². The van der Waals surface area contributed by atoms with Gasteiger partial charge in [-0.3, -0.25) is 0 Å². The van der Waals surface area contributed by atoms with Crippen molar-refractivity contribution < 1.29 is 9.47 Å². The molecule has 20 heavy (non-hydrogen) atoms. The number of aromatic amines is 1. The van der Waals surface area contributed by atoms with Crippen LogP contribution >= 0.6 is 0 Å². The monoisotopic (exact) mass is 273 g/mol. The van der Waals surface area contributed by atoms with Crippen molar-refractivity contribution in [2.24, 2.45) is 11.7 Å². The number of benzene rings is 1. The van der Waals surface area contributed by atoms with Crippen molar-refractivity contribution in [3.05, 3.63) is 30.2 Å². The third kappa shape index (κ3) is 2.25. The number of fused-ring (bicyclic) bond motifs is 1. The summed E-state index contributed by atoms with van der Waals surface area (Å²) in [4.78, 5) is 7.71. The van der Waals surface area contributed by atoms with Crippen LogP contribution in [0, 0.1) is 5.92 Å². The number of imidazole rings is 1. The van der Waals surface area contributed by atoms with Gasteiger partial charge in [0.25, 0.3) is 0 Å². The third-order valence-electron chi connectivity index (χ3n) is 3.85. The van der Waals surface area contributed by atoms with E-state index in [0.29, 0.717) is 5.92 Å². The van der Waals surface area contributed by atoms with Gasteiger partial charge in [-0.05, 0) is 24.1 Å². The topological polar surface area (TPSA) is 73.2 Å². The Morgan fingerprint density at radius 1 is 1.35 bits per heavy atom. The summed E-state index contributed by atoms with van der Waals surface area (Å²) in [6.07, 6.45) is 2.84. The van der Waals surface area contributed by atoms with Gasteiger partial charge in [0, 0.05) is 5.56 Å². The van der Waals surface area contributed by atoms with E-state index in [2.05, 4.69) is 23.8 Å². The molecule has 0 fully saturated rings. The first-order valence-electron chi connectivity index (χ1n) is 6.89. The zero-order chi connectivity index (χ0) is 14.1. The molecule has 0 bridgehead atoms. The van der Waals surface area contributed by atoms with E-state index in [-0.39, 0.29) is 12.8 Å². The van der Waals surface area contributed by atoms with E-state index in [4.69, 9.17) is 15.2 Å². The van der Waals surface area contributed by atoms with Crippen LogP contribution in [0.5, 0.6) is 11.5 Å². The first-order valence-corrected chi connectivity index (χ1v) is 6.89. The van der Waals surface area contributed by atoms with E-state index in [1.54, 1.807) is 0 Å². The molecule has 1 aromatic heterocycles. The van der Waals surface area contributed by atoms with E-state index in [1.807, 2.05) is 24.4 Å². The number of rotatable bonds is 4. The Balaban J connectivity index is 1.86. The maximum atomic E-state index is 6.19. The molecule has 3 rings (SSSR count). The van der Waals surface area contributed by atoms with Gasteiger partial charge in [-0.1, -0.05) is 20.3 Å². The van der Waals surface area contributed by atoms with Crippen LogP contribution in [-0.2, 0) is 0 Å². The summed E-state index contributed by atoms with van der Waals surface area (Å²) in [5.41, 5.74) is 8.15. The van der Waals surface area contributed by atoms with Crippen LogP contribution in [0.15, 0.2) is 24.4 Å². The van der Waals surface area contributed by atoms with Gasteiger partial charge in [0.05, 0.1) is 17.9 Å². The Kier molecular flexibility index (Phi) is 3.36. The Morgan fingerprint density at radius 3 is 2.95 bits per heavy atom. The Labute approximate surface area is 118 Å². The normalized spacial score (nSPS) is 16.1. The molecule has 0 saturated carbocycles. The minimum atomic E-state index is -0.0669. The molecular formula is C15H19N3O2. The molecule has 2 aromatic rings. The fraction of sp³-hybridized carbons (Fsp3) is 0.400. The molecule has 1 aliphatic rings. The molecule has 5 heteroatoms. The van der Waals surface area contributed by atoms with Crippen LogP contribution in [-0.4, -0.2) is 16.8 Å². The molecular weight excluding hydrogens is 254 g/mol. The van der Waals surface area contributed by atoms with Crippen molar-refractivity contribution in [1.82, 2.24) is 9.97 Å². The number of ether oxygens (including phenoxy) is 2. The average Bonchev–Trinajstić information content (AvgIpc) is 3.13. The maximum Gasteiger partial charge on any atom is 0.231 e. The zero-order valence-corrected chi connectivity index (χ0v) is 11.7. The van der Waals surface area contributed by atoms with Gasteiger partial charge < -0.3 is 20.2 Å². The van der Waals surface area contributed by atoms with Gasteiger partial charge in [-0.2, -0.15) is 0 Å². The van der Waals surface area contributed by atoms with E-state index in [9.17, 15) is 0 Å². The number of hydrogen-bond acceptors (Lipinski definition) is 4. The highest BCUT2D eigenvalue weighted by Gasteiger charge is 2.18. The quantitative estimate of drug-likeness (QED) is 0.898. The molecule has 1 aromatic carbocycles. The molecule has 0 saturated heterocycles. The molecule has 2 unspecified atom stereocenters. The minimum absolute atomic E-state index is 0.0669. The summed E-state index contributed by atoms with van der Waals surface area (Å²) < 4.78 is 10.7. The summed E-state index contributed by atoms with van der Waals surface area (Å²) in [5.74, 6) is 2.77. The largest absolute Gasteiger partial charge is 0.454 e. The maximum absolute atomic E-state index is 6.19. The van der Waals surface area contributed by atoms with Crippen molar-refractivity contribution in [3.63, 3.8) is 0 Å². The number of nitrogens with zero attached hydrogens (tertiary/aromatic N) is 1. The highest BCUT2D eigenvalue weighted by Crippen LogP contribution is 2.35. The number of H-pyrrole nitrogens is 1. The molecule has 2 atom stereocenters. The first kappa shape index (κ1) is 13.0. The summed E-state index contributed by atoms with van der Waals surface area (Å²) in [5, 5.41) is 0. The molecule has 0 radical (unpaired) electrons. The van der Waals surface area contributed by atoms with E-state index in [1.165, 1.54) is 0 Å². The lowest BCUT2D eigenvalue weighted by atomic mass is 10.00. The number of nitrogens with one attached hydrogen (secondary N) is 1. The van der Waals surface area contributed by atoms with Crippen LogP contribution in [0.4, 0.5) is 0 Å². The first-order chi connectivity index (χ1) is 9.69. The predicted molar refractivity (Wildman–Crippen MR) is 76.5 cm³/mol. The smallest absolute Gasteiger partial charge is 0.231 e. The van der Waals surface area contributed by atoms with Crippen molar-refractivity contribution >= 4 is 0 Å². The second-order valence-electron chi connectivity index (χ2n) is 5.16. The lowest BCUT2D eigenvalue weighted by Gasteiger charge is -2.15. The Morgan fingerprint density at radius 2 is 2.15 bits per heavy atom. The predicted octanol–water partition coefficient (Wildman–Crippen LogP) is 2.85. The summed E-state index contributed by atoms with van der Waals surface area (Å²) >= 11 is 0. The summed E-state index contributed by atoms with van der Waals surface area (Å²) in [7, 11) is 0. The van der Waals surface area contributed by atoms with Gasteiger partial charge in [-0.25, -0.2) is 4.98 Å². The zero-order valence-electron chi connectivity index (χ0n) is 11.7. The Hall–Kier alpha value is -2.01. The minimum Gasteiger partial charge on any atom is -0.454 e. The van der Waals surface area contributed by atoms with Gasteiger partial charge in [-0.15, -0.1) is 0 Å². The van der Waals surface area contributed by atoms with Gasteiger partial charge in [0.1, 0.15) is 5.82 Å². The highest BCUT2D eigenvalue weighted by atomic mass is 16.7. The fourth-order valence-electron chi connectivity index (χ4n) is 2.24. The summed E-state index contributed by atoms with van der Waals surface area (Å²) in [6, 6.07) is 5.78. The summed E-state index contributed by atoms with van der Waals surface area (Å²) in [6.45, 7) is 4.55. The molecule has 106 valence electrons. The van der Waals surface area contributed by atoms with Crippen molar-refractivity contribution in [2.75, 3.05) is 6.79 Å². The third-order valence-corrected chi connectivity index (χ3v) is 3.85. The molecule has 0 amide bonds. The molecule has 3 N–H and O–H groups in total. The second-order valence-corrected chi connectivity index (χ2v) is 5.16. The van der Waals surface area contributed by atoms with Crippen LogP contribution in [0.3, 0.4) is 0 Å². The van der Waals surface area contributed by atoms with E-state index < -0.39 is 0 Å². The fourth-order valence-corrected chi connectivity index (χ4v) is 2.24. The van der Waals surface area contributed by atoms with E-state index in [0.717, 1.165) is 35.0 Å². The average molecular weight is 273 g/mol. The molecule has 1 aliphatic heterocycles. The van der Waals surface area contributed by atoms with Crippen LogP contribution in [0.1, 0.15) is 32.1 Å². The molecule has 0 spiro atoms. The van der Waals surface area contributed by atoms with Gasteiger partial charge in [0.15, 0.2) is 11.5 Å². The molecule has 2 heterocycles. The second kappa shape index (κ2) is 5.17. The lowest BCUT2D eigenvalue weighted by Crippen LogP contribution is -2.19. The molecule has 5 nitrogen and oxygen atoms in total. The van der Waals surface area contributed by atoms with E-state index >= 15 is 0 Å². The Bertz CT molecular complexity index is 609. The molecule has 0 aliphatic carbocycles. The van der Waals surface area contributed by atoms with Gasteiger partial charge in [0.2, 0.25) is 6.79 Å². The number of nitrogens with two attached hydrogens (primary N) is 1. The number of aromatic nitrogens is 2. The van der Waals surface area contributed by atoms with Crippen LogP contribution in [0.25, 0.3) is 11.3 Å². The highest BCUT2D eigenvalue weighted by molar-refractivity contribution is 5.64. The lowest BCUT2D eigenvalue weighted by molar-refractivity contribution is 0.174. The SMILES string of the molecule is CCC(C)C(N)c1ncc(-c2ccc3c(c2)OCO3)[nH]1.